The molecule has 4 nitrogen and oxygen atoms in total. The summed E-state index contributed by atoms with van der Waals surface area (Å²) in [5.41, 5.74) is 2.54. The van der Waals surface area contributed by atoms with Crippen molar-refractivity contribution in [2.45, 2.75) is 51.0 Å². The molecule has 3 aromatic rings. The molecule has 1 aliphatic rings. The van der Waals surface area contributed by atoms with E-state index < -0.39 is 5.92 Å². The summed E-state index contributed by atoms with van der Waals surface area (Å²) in [6.45, 7) is 2.55. The van der Waals surface area contributed by atoms with Gasteiger partial charge in [-0.2, -0.15) is 4.98 Å². The maximum Gasteiger partial charge on any atom is 0.248 e. The number of aryl methyl sites for hydroxylation is 1. The highest BCUT2D eigenvalue weighted by atomic mass is 35.5. The van der Waals surface area contributed by atoms with Crippen molar-refractivity contribution in [2.75, 3.05) is 5.32 Å². The molecule has 144 valence electrons. The summed E-state index contributed by atoms with van der Waals surface area (Å²) in [5, 5.41) is 10.1. The Morgan fingerprint density at radius 1 is 1.33 bits per heavy atom. The maximum atomic E-state index is 13.6. The highest BCUT2D eigenvalue weighted by Gasteiger charge is 2.37. The van der Waals surface area contributed by atoms with Gasteiger partial charge in [-0.15, -0.1) is 16.4 Å². The molecule has 0 bridgehead atoms. The molecule has 0 saturated heterocycles. The van der Waals surface area contributed by atoms with E-state index in [-0.39, 0.29) is 24.0 Å². The van der Waals surface area contributed by atoms with Gasteiger partial charge in [0, 0.05) is 17.7 Å². The first-order valence-electron chi connectivity index (χ1n) is 8.74. The highest BCUT2D eigenvalue weighted by molar-refractivity contribution is 7.09. The number of rotatable bonds is 4. The fraction of sp³-hybridized carbons (Fsp3) is 0.444. The molecule has 0 amide bonds. The number of fused-ring (bicyclic) bond motifs is 1. The van der Waals surface area contributed by atoms with Gasteiger partial charge in [-0.05, 0) is 59.9 Å². The molecule has 0 aliphatic heterocycles. The summed E-state index contributed by atoms with van der Waals surface area (Å²) in [5.74, 6) is -2.00. The van der Waals surface area contributed by atoms with Crippen LogP contribution in [0.15, 0.2) is 17.5 Å². The molecule has 3 aromatic heterocycles. The molecular formula is C18H18Cl2F2N4S. The molecule has 9 heteroatoms. The van der Waals surface area contributed by atoms with E-state index in [1.807, 2.05) is 24.4 Å². The highest BCUT2D eigenvalue weighted by Crippen LogP contribution is 2.45. The lowest BCUT2D eigenvalue weighted by Gasteiger charge is -2.28. The largest absolute Gasteiger partial charge is 0.363 e. The lowest BCUT2D eigenvalue weighted by atomic mass is 9.82. The van der Waals surface area contributed by atoms with E-state index in [9.17, 15) is 8.78 Å². The molecule has 0 spiro atoms. The van der Waals surface area contributed by atoms with Crippen LogP contribution in [0.5, 0.6) is 0 Å². The zero-order valence-corrected chi connectivity index (χ0v) is 16.9. The Balaban J connectivity index is 1.73. The summed E-state index contributed by atoms with van der Waals surface area (Å²) in [4.78, 5) is 5.49. The minimum atomic E-state index is -2.58. The van der Waals surface area contributed by atoms with Crippen molar-refractivity contribution >= 4 is 45.9 Å². The van der Waals surface area contributed by atoms with Crippen LogP contribution in [-0.2, 0) is 6.54 Å². The Morgan fingerprint density at radius 2 is 2.07 bits per heavy atom. The molecular weight excluding hydrogens is 413 g/mol. The summed E-state index contributed by atoms with van der Waals surface area (Å²) >= 11 is 14.4. The Hall–Kier alpha value is -1.44. The monoisotopic (exact) mass is 430 g/mol. The second-order valence-corrected chi connectivity index (χ2v) is 8.61. The molecule has 3 heterocycles. The van der Waals surface area contributed by atoms with Crippen LogP contribution in [-0.4, -0.2) is 20.5 Å². The van der Waals surface area contributed by atoms with Crippen LogP contribution in [0.25, 0.3) is 5.52 Å². The fourth-order valence-corrected chi connectivity index (χ4v) is 5.01. The normalized spacial score (nSPS) is 17.5. The van der Waals surface area contributed by atoms with Gasteiger partial charge in [0.05, 0.1) is 6.54 Å². The molecule has 1 saturated carbocycles. The fourth-order valence-electron chi connectivity index (χ4n) is 3.79. The smallest absolute Gasteiger partial charge is 0.248 e. The van der Waals surface area contributed by atoms with Crippen molar-refractivity contribution in [3.63, 3.8) is 0 Å². The van der Waals surface area contributed by atoms with Crippen LogP contribution in [0, 0.1) is 6.92 Å². The van der Waals surface area contributed by atoms with Gasteiger partial charge in [-0.25, -0.2) is 13.3 Å². The summed E-state index contributed by atoms with van der Waals surface area (Å²) in [6.07, 6.45) is 0.582. The van der Waals surface area contributed by atoms with E-state index in [0.717, 1.165) is 21.5 Å². The lowest BCUT2D eigenvalue weighted by Crippen LogP contribution is -2.23. The molecule has 0 unspecified atom stereocenters. The number of aromatic nitrogens is 3. The van der Waals surface area contributed by atoms with Crippen molar-refractivity contribution in [1.29, 1.82) is 0 Å². The number of nitrogens with one attached hydrogen (secondary N) is 1. The minimum Gasteiger partial charge on any atom is -0.363 e. The van der Waals surface area contributed by atoms with E-state index in [0.29, 0.717) is 30.4 Å². The van der Waals surface area contributed by atoms with Gasteiger partial charge in [0.25, 0.3) is 0 Å². The lowest BCUT2D eigenvalue weighted by molar-refractivity contribution is -0.0382. The standard InChI is InChI=1S/C18H18Cl2F2N4S/c1-10-13(11-4-6-18(21,22)7-5-11)15(19)26-14(10)16(24-17(20)25-26)23-9-12-3-2-8-27-12/h2-3,8,11H,4-7,9H2,1H3,(H,23,24,25). The molecule has 1 aliphatic carbocycles. The summed E-state index contributed by atoms with van der Waals surface area (Å²) in [6, 6.07) is 4.02. The first kappa shape index (κ1) is 18.9. The number of halogens is 4. The SMILES string of the molecule is Cc1c(C2CCC(F)(F)CC2)c(Cl)n2nc(Cl)nc(NCc3cccs3)c12. The molecule has 0 aromatic carbocycles. The van der Waals surface area contributed by atoms with Crippen molar-refractivity contribution in [1.82, 2.24) is 14.6 Å². The van der Waals surface area contributed by atoms with Crippen molar-refractivity contribution in [2.24, 2.45) is 0 Å². The zero-order chi connectivity index (χ0) is 19.2. The van der Waals surface area contributed by atoms with Gasteiger partial charge >= 0.3 is 0 Å². The Bertz CT molecular complexity index is 962. The van der Waals surface area contributed by atoms with Crippen LogP contribution in [0.4, 0.5) is 14.6 Å². The topological polar surface area (TPSA) is 42.2 Å². The summed E-state index contributed by atoms with van der Waals surface area (Å²) in [7, 11) is 0. The van der Waals surface area contributed by atoms with Crippen LogP contribution in [0.2, 0.25) is 10.4 Å². The van der Waals surface area contributed by atoms with Gasteiger partial charge in [0.1, 0.15) is 10.7 Å². The van der Waals surface area contributed by atoms with E-state index in [1.165, 1.54) is 0 Å². The Morgan fingerprint density at radius 3 is 2.74 bits per heavy atom. The van der Waals surface area contributed by atoms with Crippen LogP contribution in [0.3, 0.4) is 0 Å². The van der Waals surface area contributed by atoms with E-state index in [1.54, 1.807) is 15.9 Å². The summed E-state index contributed by atoms with van der Waals surface area (Å²) < 4.78 is 28.7. The van der Waals surface area contributed by atoms with Gasteiger partial charge in [0.2, 0.25) is 11.2 Å². The molecule has 1 fully saturated rings. The van der Waals surface area contributed by atoms with E-state index >= 15 is 0 Å². The quantitative estimate of drug-likeness (QED) is 0.526. The van der Waals surface area contributed by atoms with Gasteiger partial charge in [-0.3, -0.25) is 0 Å². The zero-order valence-electron chi connectivity index (χ0n) is 14.6. The molecule has 1 N–H and O–H groups in total. The van der Waals surface area contributed by atoms with Crippen molar-refractivity contribution in [3.05, 3.63) is 44.0 Å². The number of thiophene rings is 1. The van der Waals surface area contributed by atoms with Gasteiger partial charge < -0.3 is 5.32 Å². The van der Waals surface area contributed by atoms with Crippen molar-refractivity contribution in [3.8, 4) is 0 Å². The van der Waals surface area contributed by atoms with E-state index in [2.05, 4.69) is 15.4 Å². The third-order valence-electron chi connectivity index (χ3n) is 5.13. The third kappa shape index (κ3) is 3.65. The minimum absolute atomic E-state index is 0.0113. The van der Waals surface area contributed by atoms with Crippen molar-refractivity contribution < 1.29 is 8.78 Å². The predicted octanol–water partition coefficient (Wildman–Crippen LogP) is 6.31. The predicted molar refractivity (Wildman–Crippen MR) is 106 cm³/mol. The number of alkyl halides is 2. The molecule has 4 rings (SSSR count). The van der Waals surface area contributed by atoms with Gasteiger partial charge in [0.15, 0.2) is 5.82 Å². The Labute approximate surface area is 169 Å². The number of anilines is 1. The third-order valence-corrected chi connectivity index (χ3v) is 6.53. The number of hydrogen-bond donors (Lipinski definition) is 1. The molecule has 0 atom stereocenters. The number of nitrogens with zero attached hydrogens (tertiary/aromatic N) is 3. The average Bonchev–Trinajstić information content (AvgIpc) is 3.21. The van der Waals surface area contributed by atoms with Crippen LogP contribution >= 0.6 is 34.5 Å². The molecule has 0 radical (unpaired) electrons. The number of hydrogen-bond acceptors (Lipinski definition) is 4. The van der Waals surface area contributed by atoms with Crippen LogP contribution in [0.1, 0.15) is 47.6 Å². The second-order valence-electron chi connectivity index (χ2n) is 6.88. The second kappa shape index (κ2) is 7.18. The first-order chi connectivity index (χ1) is 12.9. The van der Waals surface area contributed by atoms with Gasteiger partial charge in [-0.1, -0.05) is 17.7 Å². The molecule has 27 heavy (non-hydrogen) atoms. The van der Waals surface area contributed by atoms with E-state index in [4.69, 9.17) is 23.2 Å². The average molecular weight is 431 g/mol. The Kier molecular flexibility index (Phi) is 5.03. The van der Waals surface area contributed by atoms with Crippen LogP contribution < -0.4 is 5.32 Å². The maximum absolute atomic E-state index is 13.6. The first-order valence-corrected chi connectivity index (χ1v) is 10.4.